The number of halogens is 1. The molecular formula is C20H20ClNO6. The molecule has 0 saturated heterocycles. The van der Waals surface area contributed by atoms with Crippen molar-refractivity contribution in [2.24, 2.45) is 0 Å². The van der Waals surface area contributed by atoms with Gasteiger partial charge in [-0.15, -0.1) is 0 Å². The van der Waals surface area contributed by atoms with E-state index in [1.165, 1.54) is 6.92 Å². The molecule has 0 unspecified atom stereocenters. The Morgan fingerprint density at radius 2 is 1.96 bits per heavy atom. The molecule has 1 N–H and O–H groups in total. The molecule has 2 aromatic carbocycles. The van der Waals surface area contributed by atoms with Gasteiger partial charge in [0.05, 0.1) is 0 Å². The number of amides is 1. The number of carbonyl (C=O) groups excluding carboxylic acids is 2. The fraction of sp³-hybridized carbons (Fsp3) is 0.300. The van der Waals surface area contributed by atoms with Gasteiger partial charge in [0.15, 0.2) is 24.2 Å². The molecule has 0 radical (unpaired) electrons. The summed E-state index contributed by atoms with van der Waals surface area (Å²) in [4.78, 5) is 24.1. The third-order valence-electron chi connectivity index (χ3n) is 4.06. The lowest BCUT2D eigenvalue weighted by molar-refractivity contribution is -0.156. The number of aryl methyl sites for hydroxylation is 1. The van der Waals surface area contributed by atoms with Gasteiger partial charge in [-0.05, 0) is 55.3 Å². The molecule has 2 aromatic rings. The maximum absolute atomic E-state index is 12.2. The van der Waals surface area contributed by atoms with Gasteiger partial charge in [0.2, 0.25) is 6.79 Å². The zero-order valence-electron chi connectivity index (χ0n) is 15.5. The first-order chi connectivity index (χ1) is 13.4. The van der Waals surface area contributed by atoms with Crippen LogP contribution in [0, 0.1) is 6.92 Å². The van der Waals surface area contributed by atoms with Gasteiger partial charge < -0.3 is 24.3 Å². The summed E-state index contributed by atoms with van der Waals surface area (Å²) in [5.41, 5.74) is 1.65. The van der Waals surface area contributed by atoms with Crippen molar-refractivity contribution in [1.82, 2.24) is 5.32 Å². The van der Waals surface area contributed by atoms with Crippen molar-refractivity contribution in [2.75, 3.05) is 13.4 Å². The molecule has 1 atom stereocenters. The smallest absolute Gasteiger partial charge is 0.344 e. The minimum atomic E-state index is -0.948. The van der Waals surface area contributed by atoms with E-state index in [1.54, 1.807) is 30.3 Å². The van der Waals surface area contributed by atoms with Gasteiger partial charge in [-0.2, -0.15) is 0 Å². The van der Waals surface area contributed by atoms with Crippen LogP contribution in [0.5, 0.6) is 17.2 Å². The summed E-state index contributed by atoms with van der Waals surface area (Å²) in [5, 5.41) is 3.30. The van der Waals surface area contributed by atoms with Crippen LogP contribution in [-0.4, -0.2) is 31.4 Å². The van der Waals surface area contributed by atoms with Crippen LogP contribution in [0.3, 0.4) is 0 Å². The molecule has 28 heavy (non-hydrogen) atoms. The summed E-state index contributed by atoms with van der Waals surface area (Å²) in [6.07, 6.45) is -0.948. The first-order valence-electron chi connectivity index (χ1n) is 8.67. The Kier molecular flexibility index (Phi) is 6.26. The first-order valence-corrected chi connectivity index (χ1v) is 9.05. The third kappa shape index (κ3) is 5.07. The fourth-order valence-electron chi connectivity index (χ4n) is 2.58. The maximum atomic E-state index is 12.2. The average Bonchev–Trinajstić information content (AvgIpc) is 3.13. The van der Waals surface area contributed by atoms with Crippen molar-refractivity contribution in [2.45, 2.75) is 26.5 Å². The van der Waals surface area contributed by atoms with Crippen LogP contribution in [0.25, 0.3) is 0 Å². The van der Waals surface area contributed by atoms with Crippen molar-refractivity contribution < 1.29 is 28.5 Å². The molecular weight excluding hydrogens is 386 g/mol. The lowest BCUT2D eigenvalue weighted by Gasteiger charge is -2.14. The minimum absolute atomic E-state index is 0.190. The highest BCUT2D eigenvalue weighted by Crippen LogP contribution is 2.32. The van der Waals surface area contributed by atoms with Crippen LogP contribution >= 0.6 is 11.6 Å². The standard InChI is InChI=1S/C20H20ClNO6/c1-12-7-15(21)4-6-16(12)25-10-19(23)28-13(2)20(24)22-9-14-3-5-17-18(8-14)27-11-26-17/h3-8,13H,9-11H2,1-2H3,(H,22,24)/t13-/m0/s1. The van der Waals surface area contributed by atoms with E-state index in [-0.39, 0.29) is 19.9 Å². The van der Waals surface area contributed by atoms with E-state index in [0.29, 0.717) is 22.3 Å². The molecule has 1 heterocycles. The predicted octanol–water partition coefficient (Wildman–Crippen LogP) is 3.00. The lowest BCUT2D eigenvalue weighted by atomic mass is 10.2. The molecule has 0 fully saturated rings. The van der Waals surface area contributed by atoms with Gasteiger partial charge in [0.1, 0.15) is 5.75 Å². The monoisotopic (exact) mass is 405 g/mol. The largest absolute Gasteiger partial charge is 0.482 e. The number of esters is 1. The highest BCUT2D eigenvalue weighted by atomic mass is 35.5. The number of hydrogen-bond acceptors (Lipinski definition) is 6. The molecule has 0 aliphatic carbocycles. The van der Waals surface area contributed by atoms with Crippen molar-refractivity contribution in [3.63, 3.8) is 0 Å². The molecule has 3 rings (SSSR count). The van der Waals surface area contributed by atoms with Crippen LogP contribution in [0.15, 0.2) is 36.4 Å². The van der Waals surface area contributed by atoms with E-state index in [1.807, 2.05) is 13.0 Å². The van der Waals surface area contributed by atoms with E-state index < -0.39 is 18.0 Å². The average molecular weight is 406 g/mol. The molecule has 1 amide bonds. The highest BCUT2D eigenvalue weighted by molar-refractivity contribution is 6.30. The van der Waals surface area contributed by atoms with Crippen molar-refractivity contribution in [1.29, 1.82) is 0 Å². The van der Waals surface area contributed by atoms with E-state index in [9.17, 15) is 9.59 Å². The van der Waals surface area contributed by atoms with Crippen LogP contribution < -0.4 is 19.5 Å². The number of fused-ring (bicyclic) bond motifs is 1. The number of carbonyl (C=O) groups is 2. The maximum Gasteiger partial charge on any atom is 0.344 e. The zero-order valence-corrected chi connectivity index (χ0v) is 16.2. The van der Waals surface area contributed by atoms with E-state index in [2.05, 4.69) is 5.32 Å². The molecule has 0 aromatic heterocycles. The molecule has 8 heteroatoms. The Balaban J connectivity index is 1.43. The van der Waals surface area contributed by atoms with Crippen molar-refractivity contribution >= 4 is 23.5 Å². The topological polar surface area (TPSA) is 83.1 Å². The van der Waals surface area contributed by atoms with Crippen LogP contribution in [0.2, 0.25) is 5.02 Å². The van der Waals surface area contributed by atoms with Gasteiger partial charge in [0.25, 0.3) is 5.91 Å². The number of nitrogens with one attached hydrogen (secondary N) is 1. The summed E-state index contributed by atoms with van der Waals surface area (Å²) in [7, 11) is 0. The number of benzene rings is 2. The molecule has 0 saturated carbocycles. The Morgan fingerprint density at radius 3 is 2.75 bits per heavy atom. The molecule has 7 nitrogen and oxygen atoms in total. The lowest BCUT2D eigenvalue weighted by Crippen LogP contribution is -2.36. The second-order valence-electron chi connectivity index (χ2n) is 6.24. The van der Waals surface area contributed by atoms with Gasteiger partial charge in [-0.25, -0.2) is 4.79 Å². The van der Waals surface area contributed by atoms with Gasteiger partial charge >= 0.3 is 5.97 Å². The summed E-state index contributed by atoms with van der Waals surface area (Å²) < 4.78 is 21.1. The van der Waals surface area contributed by atoms with E-state index in [0.717, 1.165) is 11.1 Å². The molecule has 1 aliphatic rings. The van der Waals surface area contributed by atoms with E-state index >= 15 is 0 Å². The molecule has 0 spiro atoms. The van der Waals surface area contributed by atoms with Gasteiger partial charge in [-0.1, -0.05) is 17.7 Å². The van der Waals surface area contributed by atoms with Gasteiger partial charge in [0, 0.05) is 11.6 Å². The summed E-state index contributed by atoms with van der Waals surface area (Å²) in [5.74, 6) is 0.796. The Bertz CT molecular complexity index is 885. The van der Waals surface area contributed by atoms with Crippen molar-refractivity contribution in [3.05, 3.63) is 52.5 Å². The van der Waals surface area contributed by atoms with Gasteiger partial charge in [-0.3, -0.25) is 4.79 Å². The minimum Gasteiger partial charge on any atom is -0.482 e. The van der Waals surface area contributed by atoms with Crippen LogP contribution in [0.4, 0.5) is 0 Å². The summed E-state index contributed by atoms with van der Waals surface area (Å²) in [6, 6.07) is 10.5. The second-order valence-corrected chi connectivity index (χ2v) is 6.67. The van der Waals surface area contributed by atoms with Crippen LogP contribution in [-0.2, 0) is 20.9 Å². The molecule has 0 bridgehead atoms. The Morgan fingerprint density at radius 1 is 1.18 bits per heavy atom. The Hall–Kier alpha value is -2.93. The number of rotatable bonds is 7. The van der Waals surface area contributed by atoms with E-state index in [4.69, 9.17) is 30.5 Å². The summed E-state index contributed by atoms with van der Waals surface area (Å²) >= 11 is 5.88. The third-order valence-corrected chi connectivity index (χ3v) is 4.30. The fourth-order valence-corrected chi connectivity index (χ4v) is 2.81. The number of hydrogen-bond donors (Lipinski definition) is 1. The SMILES string of the molecule is Cc1cc(Cl)ccc1OCC(=O)O[C@@H](C)C(=O)NCc1ccc2c(c1)OCO2. The number of ether oxygens (including phenoxy) is 4. The summed E-state index contributed by atoms with van der Waals surface area (Å²) in [6.45, 7) is 3.48. The van der Waals surface area contributed by atoms with Crippen LogP contribution in [0.1, 0.15) is 18.1 Å². The first kappa shape index (κ1) is 19.8. The molecule has 1 aliphatic heterocycles. The zero-order chi connectivity index (χ0) is 20.1. The quantitative estimate of drug-likeness (QED) is 0.713. The Labute approximate surface area is 167 Å². The molecule has 148 valence electrons. The van der Waals surface area contributed by atoms with Crippen molar-refractivity contribution in [3.8, 4) is 17.2 Å². The normalized spacial score (nSPS) is 13.0. The second kappa shape index (κ2) is 8.84. The predicted molar refractivity (Wildman–Crippen MR) is 102 cm³/mol. The highest BCUT2D eigenvalue weighted by Gasteiger charge is 2.19.